The summed E-state index contributed by atoms with van der Waals surface area (Å²) >= 11 is 0. The second kappa shape index (κ2) is 7.25. The quantitative estimate of drug-likeness (QED) is 0.777. The zero-order chi connectivity index (χ0) is 15.3. The molecule has 7 heteroatoms. The van der Waals surface area contributed by atoms with Crippen LogP contribution in [0.2, 0.25) is 0 Å². The number of hydrogen-bond donors (Lipinski definition) is 1. The third-order valence-corrected chi connectivity index (χ3v) is 2.70. The van der Waals surface area contributed by atoms with Crippen LogP contribution in [0.15, 0.2) is 6.07 Å². The maximum Gasteiger partial charge on any atom is 0.203 e. The van der Waals surface area contributed by atoms with E-state index in [-0.39, 0.29) is 18.6 Å². The summed E-state index contributed by atoms with van der Waals surface area (Å²) in [5, 5.41) is 0. The summed E-state index contributed by atoms with van der Waals surface area (Å²) in [7, 11) is 1.45. The number of halogens is 3. The first-order chi connectivity index (χ1) is 9.38. The number of methoxy groups -OCH3 is 1. The second-order valence-corrected chi connectivity index (χ2v) is 4.28. The van der Waals surface area contributed by atoms with Gasteiger partial charge >= 0.3 is 0 Å². The normalized spacial score (nSPS) is 12.3. The van der Waals surface area contributed by atoms with Gasteiger partial charge in [0.25, 0.3) is 0 Å². The molecule has 0 fully saturated rings. The number of rotatable bonds is 7. The summed E-state index contributed by atoms with van der Waals surface area (Å²) in [5.74, 6) is -5.21. The molecule has 0 saturated carbocycles. The van der Waals surface area contributed by atoms with Crippen LogP contribution in [0.5, 0.6) is 5.75 Å². The van der Waals surface area contributed by atoms with E-state index in [0.717, 1.165) is 0 Å². The minimum Gasteiger partial charge on any atom is -0.480 e. The number of carbonyl (C=O) groups is 1. The van der Waals surface area contributed by atoms with Gasteiger partial charge in [-0.15, -0.1) is 0 Å². The summed E-state index contributed by atoms with van der Waals surface area (Å²) in [6.45, 7) is 0.896. The highest BCUT2D eigenvalue weighted by atomic mass is 19.2. The van der Waals surface area contributed by atoms with Gasteiger partial charge in [0.2, 0.25) is 5.82 Å². The molecule has 0 amide bonds. The van der Waals surface area contributed by atoms with Crippen molar-refractivity contribution in [3.8, 4) is 5.75 Å². The van der Waals surface area contributed by atoms with Gasteiger partial charge in [-0.3, -0.25) is 4.79 Å². The Balaban J connectivity index is 2.73. The van der Waals surface area contributed by atoms with Crippen LogP contribution in [0.25, 0.3) is 0 Å². The van der Waals surface area contributed by atoms with Crippen LogP contribution >= 0.6 is 0 Å². The van der Waals surface area contributed by atoms with Crippen LogP contribution in [-0.4, -0.2) is 32.1 Å². The van der Waals surface area contributed by atoms with E-state index >= 15 is 0 Å². The fourth-order valence-corrected chi connectivity index (χ4v) is 1.48. The summed E-state index contributed by atoms with van der Waals surface area (Å²) < 4.78 is 49.6. The Kier molecular flexibility index (Phi) is 5.97. The van der Waals surface area contributed by atoms with E-state index in [1.807, 2.05) is 0 Å². The number of ketones is 1. The van der Waals surface area contributed by atoms with Crippen molar-refractivity contribution in [3.63, 3.8) is 0 Å². The molecule has 4 nitrogen and oxygen atoms in total. The molecule has 1 aromatic carbocycles. The lowest BCUT2D eigenvalue weighted by molar-refractivity contribution is -0.122. The summed E-state index contributed by atoms with van der Waals surface area (Å²) in [5.41, 5.74) is 5.42. The van der Waals surface area contributed by atoms with Crippen LogP contribution in [0, 0.1) is 24.4 Å². The first-order valence-corrected chi connectivity index (χ1v) is 5.92. The van der Waals surface area contributed by atoms with Gasteiger partial charge in [0, 0.05) is 13.7 Å². The number of aryl methyl sites for hydroxylation is 1. The molecular weight excluding hydrogens is 275 g/mol. The lowest BCUT2D eigenvalue weighted by Gasteiger charge is -2.13. The van der Waals surface area contributed by atoms with Gasteiger partial charge in [0.15, 0.2) is 23.2 Å². The van der Waals surface area contributed by atoms with Crippen molar-refractivity contribution in [2.24, 2.45) is 5.73 Å². The van der Waals surface area contributed by atoms with E-state index in [1.54, 1.807) is 0 Å². The third-order valence-electron chi connectivity index (χ3n) is 2.70. The molecule has 0 aliphatic rings. The molecule has 0 aliphatic heterocycles. The molecule has 0 spiro atoms. The molecule has 112 valence electrons. The number of carbonyl (C=O) groups excluding carboxylic acids is 1. The molecular formula is C13H16F3NO3. The smallest absolute Gasteiger partial charge is 0.203 e. The van der Waals surface area contributed by atoms with Crippen molar-refractivity contribution in [2.75, 3.05) is 20.3 Å². The van der Waals surface area contributed by atoms with E-state index in [2.05, 4.69) is 0 Å². The average Bonchev–Trinajstić information content (AvgIpc) is 2.42. The number of benzene rings is 1. The highest BCUT2D eigenvalue weighted by Crippen LogP contribution is 2.26. The summed E-state index contributed by atoms with van der Waals surface area (Å²) in [6, 6.07) is -0.153. The fraction of sp³-hybridized carbons (Fsp3) is 0.462. The van der Waals surface area contributed by atoms with E-state index in [0.29, 0.717) is 6.07 Å². The monoisotopic (exact) mass is 291 g/mol. The van der Waals surface area contributed by atoms with Gasteiger partial charge < -0.3 is 15.2 Å². The Morgan fingerprint density at radius 3 is 2.60 bits per heavy atom. The zero-order valence-electron chi connectivity index (χ0n) is 11.2. The lowest BCUT2D eigenvalue weighted by atomic mass is 10.1. The van der Waals surface area contributed by atoms with Crippen molar-refractivity contribution in [2.45, 2.75) is 19.4 Å². The van der Waals surface area contributed by atoms with Crippen molar-refractivity contribution in [3.05, 3.63) is 29.1 Å². The molecule has 0 aliphatic carbocycles. The first-order valence-electron chi connectivity index (χ1n) is 5.92. The second-order valence-electron chi connectivity index (χ2n) is 4.28. The van der Waals surface area contributed by atoms with Gasteiger partial charge in [0.1, 0.15) is 6.61 Å². The van der Waals surface area contributed by atoms with Crippen molar-refractivity contribution < 1.29 is 27.4 Å². The minimum absolute atomic E-state index is 0.116. The van der Waals surface area contributed by atoms with E-state index in [4.69, 9.17) is 15.2 Å². The highest BCUT2D eigenvalue weighted by molar-refractivity contribution is 5.85. The van der Waals surface area contributed by atoms with Crippen LogP contribution in [0.4, 0.5) is 13.2 Å². The van der Waals surface area contributed by atoms with Gasteiger partial charge in [-0.1, -0.05) is 0 Å². The van der Waals surface area contributed by atoms with E-state index in [1.165, 1.54) is 14.0 Å². The largest absolute Gasteiger partial charge is 0.480 e. The molecule has 0 aromatic heterocycles. The van der Waals surface area contributed by atoms with Crippen molar-refractivity contribution in [1.82, 2.24) is 0 Å². The van der Waals surface area contributed by atoms with Crippen molar-refractivity contribution >= 4 is 5.78 Å². The van der Waals surface area contributed by atoms with Crippen LogP contribution in [-0.2, 0) is 9.53 Å². The molecule has 20 heavy (non-hydrogen) atoms. The maximum atomic E-state index is 13.6. The van der Waals surface area contributed by atoms with Gasteiger partial charge in [-0.05, 0) is 25.0 Å². The van der Waals surface area contributed by atoms with Crippen molar-refractivity contribution in [1.29, 1.82) is 0 Å². The van der Waals surface area contributed by atoms with Gasteiger partial charge in [-0.25, -0.2) is 8.78 Å². The molecule has 2 N–H and O–H groups in total. The summed E-state index contributed by atoms with van der Waals surface area (Å²) in [4.78, 5) is 11.6. The molecule has 0 radical (unpaired) electrons. The SMILES string of the molecule is COCC[C@H](N)C(=O)COc1c(F)c(C)cc(F)c1F. The minimum atomic E-state index is -1.47. The Morgan fingerprint density at radius 1 is 1.35 bits per heavy atom. The molecule has 0 bridgehead atoms. The molecule has 0 unspecified atom stereocenters. The predicted octanol–water partition coefficient (Wildman–Crippen LogP) is 1.72. The van der Waals surface area contributed by atoms with Crippen LogP contribution in [0.3, 0.4) is 0 Å². The van der Waals surface area contributed by atoms with Gasteiger partial charge in [0.05, 0.1) is 6.04 Å². The van der Waals surface area contributed by atoms with E-state index < -0.39 is 41.6 Å². The first kappa shape index (κ1) is 16.5. The highest BCUT2D eigenvalue weighted by Gasteiger charge is 2.21. The van der Waals surface area contributed by atoms with E-state index in [9.17, 15) is 18.0 Å². The average molecular weight is 291 g/mol. The molecule has 0 heterocycles. The maximum absolute atomic E-state index is 13.6. The topological polar surface area (TPSA) is 61.5 Å². The van der Waals surface area contributed by atoms with Gasteiger partial charge in [-0.2, -0.15) is 4.39 Å². The predicted molar refractivity (Wildman–Crippen MR) is 66.0 cm³/mol. The standard InChI is InChI=1S/C13H16F3NO3/c1-7-5-8(14)12(16)13(11(7)15)20-6-10(18)9(17)3-4-19-2/h5,9H,3-4,6,17H2,1-2H3/t9-/m0/s1. The number of nitrogens with two attached hydrogens (primary N) is 1. The lowest BCUT2D eigenvalue weighted by Crippen LogP contribution is -2.35. The Hall–Kier alpha value is -1.60. The third kappa shape index (κ3) is 3.94. The Labute approximate surface area is 114 Å². The number of ether oxygens (including phenoxy) is 2. The Bertz CT molecular complexity index is 468. The van der Waals surface area contributed by atoms with Crippen LogP contribution < -0.4 is 10.5 Å². The zero-order valence-corrected chi connectivity index (χ0v) is 11.2. The molecule has 1 atom stereocenters. The Morgan fingerprint density at radius 2 is 2.00 bits per heavy atom. The molecule has 1 aromatic rings. The number of Topliss-reactive ketones (excluding diaryl/α,β-unsaturated/α-hetero) is 1. The summed E-state index contributed by atoms with van der Waals surface area (Å²) in [6.07, 6.45) is 0.256. The number of hydrogen-bond acceptors (Lipinski definition) is 4. The molecule has 0 saturated heterocycles. The van der Waals surface area contributed by atoms with Crippen LogP contribution in [0.1, 0.15) is 12.0 Å². The molecule has 1 rings (SSSR count). The fourth-order valence-electron chi connectivity index (χ4n) is 1.48.